The third-order valence-electron chi connectivity index (χ3n) is 2.78. The van der Waals surface area contributed by atoms with Crippen LogP contribution in [-0.2, 0) is 6.54 Å². The van der Waals surface area contributed by atoms with Crippen molar-refractivity contribution in [1.29, 1.82) is 0 Å². The van der Waals surface area contributed by atoms with Gasteiger partial charge in [-0.1, -0.05) is 12.1 Å². The van der Waals surface area contributed by atoms with Crippen LogP contribution < -0.4 is 5.32 Å². The maximum absolute atomic E-state index is 11.6. The van der Waals surface area contributed by atoms with Gasteiger partial charge in [-0.05, 0) is 24.6 Å². The quantitative estimate of drug-likeness (QED) is 0.862. The second-order valence-corrected chi connectivity index (χ2v) is 4.29. The second kappa shape index (κ2) is 6.01. The van der Waals surface area contributed by atoms with Gasteiger partial charge in [-0.3, -0.25) is 9.48 Å². The highest BCUT2D eigenvalue weighted by Gasteiger charge is 2.08. The molecule has 1 aromatic carbocycles. The summed E-state index contributed by atoms with van der Waals surface area (Å²) in [5, 5.41) is 15.6. The van der Waals surface area contributed by atoms with Gasteiger partial charge in [0.1, 0.15) is 0 Å². The maximum atomic E-state index is 11.6. The van der Waals surface area contributed by atoms with Gasteiger partial charge in [-0.25, -0.2) is 4.79 Å². The van der Waals surface area contributed by atoms with Crippen molar-refractivity contribution in [2.75, 3.05) is 6.54 Å². The summed E-state index contributed by atoms with van der Waals surface area (Å²) >= 11 is 0. The van der Waals surface area contributed by atoms with Crippen LogP contribution in [0.3, 0.4) is 0 Å². The van der Waals surface area contributed by atoms with Crippen LogP contribution >= 0.6 is 0 Å². The first-order valence-electron chi connectivity index (χ1n) is 6.23. The first-order chi connectivity index (χ1) is 9.60. The topological polar surface area (TPSA) is 84.2 Å². The zero-order valence-electron chi connectivity index (χ0n) is 11.0. The highest BCUT2D eigenvalue weighted by Crippen LogP contribution is 2.07. The first kappa shape index (κ1) is 13.8. The monoisotopic (exact) mass is 273 g/mol. The highest BCUT2D eigenvalue weighted by atomic mass is 16.4. The molecule has 2 aromatic rings. The van der Waals surface area contributed by atoms with E-state index in [4.69, 9.17) is 5.11 Å². The Morgan fingerprint density at radius 1 is 1.25 bits per heavy atom. The van der Waals surface area contributed by atoms with E-state index in [-0.39, 0.29) is 11.5 Å². The van der Waals surface area contributed by atoms with Crippen molar-refractivity contribution >= 4 is 11.9 Å². The number of carbonyl (C=O) groups excluding carboxylic acids is 1. The summed E-state index contributed by atoms with van der Waals surface area (Å²) in [7, 11) is 0. The van der Waals surface area contributed by atoms with Crippen LogP contribution in [-0.4, -0.2) is 33.3 Å². The molecule has 0 radical (unpaired) electrons. The van der Waals surface area contributed by atoms with E-state index in [2.05, 4.69) is 10.4 Å². The molecule has 0 saturated carbocycles. The molecule has 6 heteroatoms. The van der Waals surface area contributed by atoms with Crippen LogP contribution in [0, 0.1) is 0 Å². The molecule has 2 rings (SSSR count). The molecule has 1 amide bonds. The summed E-state index contributed by atoms with van der Waals surface area (Å²) in [6.07, 6.45) is 3.17. The Hall–Kier alpha value is -2.63. The van der Waals surface area contributed by atoms with E-state index < -0.39 is 5.97 Å². The van der Waals surface area contributed by atoms with Gasteiger partial charge in [-0.15, -0.1) is 0 Å². The largest absolute Gasteiger partial charge is 0.478 e. The second-order valence-electron chi connectivity index (χ2n) is 4.29. The molecule has 0 atom stereocenters. The Morgan fingerprint density at radius 3 is 2.55 bits per heavy atom. The van der Waals surface area contributed by atoms with Crippen molar-refractivity contribution in [1.82, 2.24) is 15.1 Å². The number of hydrogen-bond donors (Lipinski definition) is 2. The lowest BCUT2D eigenvalue weighted by Crippen LogP contribution is -2.22. The Balaban J connectivity index is 2.06. The third-order valence-corrected chi connectivity index (χ3v) is 2.78. The average Bonchev–Trinajstić information content (AvgIpc) is 2.88. The highest BCUT2D eigenvalue weighted by molar-refractivity contribution is 5.93. The number of aromatic nitrogens is 2. The lowest BCUT2D eigenvalue weighted by atomic mass is 10.1. The van der Waals surface area contributed by atoms with E-state index in [9.17, 15) is 9.59 Å². The Morgan fingerprint density at radius 2 is 1.95 bits per heavy atom. The predicted molar refractivity (Wildman–Crippen MR) is 72.7 cm³/mol. The number of aromatic carboxylic acids is 1. The molecule has 0 bridgehead atoms. The molecule has 104 valence electrons. The molecule has 0 aliphatic heterocycles. The third kappa shape index (κ3) is 3.23. The summed E-state index contributed by atoms with van der Waals surface area (Å²) in [5.41, 5.74) is 1.67. The van der Waals surface area contributed by atoms with Gasteiger partial charge >= 0.3 is 5.97 Å². The van der Waals surface area contributed by atoms with Gasteiger partial charge in [-0.2, -0.15) is 5.10 Å². The van der Waals surface area contributed by atoms with E-state index >= 15 is 0 Å². The van der Waals surface area contributed by atoms with Crippen molar-refractivity contribution < 1.29 is 14.7 Å². The molecule has 20 heavy (non-hydrogen) atoms. The van der Waals surface area contributed by atoms with Gasteiger partial charge in [0.2, 0.25) is 0 Å². The number of rotatable bonds is 5. The first-order valence-corrected chi connectivity index (χ1v) is 6.23. The fraction of sp³-hybridized carbons (Fsp3) is 0.214. The van der Waals surface area contributed by atoms with Crippen LogP contribution in [0.2, 0.25) is 0 Å². The molecule has 1 heterocycles. The number of benzene rings is 1. The zero-order chi connectivity index (χ0) is 14.5. The van der Waals surface area contributed by atoms with Crippen LogP contribution in [0.15, 0.2) is 36.7 Å². The van der Waals surface area contributed by atoms with Gasteiger partial charge in [0.05, 0.1) is 23.9 Å². The molecule has 0 spiro atoms. The van der Waals surface area contributed by atoms with Crippen molar-refractivity contribution in [3.05, 3.63) is 53.3 Å². The minimum absolute atomic E-state index is 0.153. The number of nitrogens with one attached hydrogen (secondary N) is 1. The maximum Gasteiger partial charge on any atom is 0.335 e. The van der Waals surface area contributed by atoms with Crippen molar-refractivity contribution in [3.8, 4) is 0 Å². The fourth-order valence-electron chi connectivity index (χ4n) is 1.77. The lowest BCUT2D eigenvalue weighted by molar-refractivity contribution is 0.0696. The molecular formula is C14H15N3O3. The lowest BCUT2D eigenvalue weighted by Gasteiger charge is -2.02. The number of carboxylic acid groups (broad SMARTS) is 1. The van der Waals surface area contributed by atoms with Crippen LogP contribution in [0.1, 0.15) is 33.2 Å². The van der Waals surface area contributed by atoms with Gasteiger partial charge in [0.25, 0.3) is 5.91 Å². The normalized spacial score (nSPS) is 10.2. The van der Waals surface area contributed by atoms with E-state index in [1.807, 2.05) is 6.92 Å². The van der Waals surface area contributed by atoms with Crippen molar-refractivity contribution in [3.63, 3.8) is 0 Å². The van der Waals surface area contributed by atoms with Crippen molar-refractivity contribution in [2.45, 2.75) is 13.5 Å². The minimum Gasteiger partial charge on any atom is -0.478 e. The van der Waals surface area contributed by atoms with E-state index in [0.29, 0.717) is 18.7 Å². The summed E-state index contributed by atoms with van der Waals surface area (Å²) in [4.78, 5) is 22.3. The van der Waals surface area contributed by atoms with E-state index in [1.165, 1.54) is 6.20 Å². The van der Waals surface area contributed by atoms with Gasteiger partial charge in [0.15, 0.2) is 0 Å². The number of carboxylic acids is 1. The van der Waals surface area contributed by atoms with E-state index in [1.54, 1.807) is 35.1 Å². The Kier molecular flexibility index (Phi) is 4.14. The number of carbonyl (C=O) groups is 2. The fourth-order valence-corrected chi connectivity index (χ4v) is 1.77. The molecule has 0 saturated heterocycles. The number of hydrogen-bond acceptors (Lipinski definition) is 3. The SMILES string of the molecule is CCNC(=O)c1cnn(Cc2ccc(C(=O)O)cc2)c1. The summed E-state index contributed by atoms with van der Waals surface area (Å²) < 4.78 is 1.64. The Bertz CT molecular complexity index is 617. The summed E-state index contributed by atoms with van der Waals surface area (Å²) in [6.45, 7) is 2.91. The molecule has 0 unspecified atom stereocenters. The predicted octanol–water partition coefficient (Wildman–Crippen LogP) is 1.38. The molecule has 0 aliphatic carbocycles. The number of nitrogens with zero attached hydrogens (tertiary/aromatic N) is 2. The van der Waals surface area contributed by atoms with E-state index in [0.717, 1.165) is 5.56 Å². The smallest absolute Gasteiger partial charge is 0.335 e. The molecule has 6 nitrogen and oxygen atoms in total. The van der Waals surface area contributed by atoms with Crippen LogP contribution in [0.4, 0.5) is 0 Å². The molecule has 0 aliphatic rings. The zero-order valence-corrected chi connectivity index (χ0v) is 11.0. The summed E-state index contributed by atoms with van der Waals surface area (Å²) in [5.74, 6) is -1.10. The van der Waals surface area contributed by atoms with Crippen LogP contribution in [0.25, 0.3) is 0 Å². The van der Waals surface area contributed by atoms with Crippen molar-refractivity contribution in [2.24, 2.45) is 0 Å². The molecule has 1 aromatic heterocycles. The van der Waals surface area contributed by atoms with Gasteiger partial charge in [0, 0.05) is 12.7 Å². The standard InChI is InChI=1S/C14H15N3O3/c1-2-15-13(18)12-7-16-17(9-12)8-10-3-5-11(6-4-10)14(19)20/h3-7,9H,2,8H2,1H3,(H,15,18)(H,19,20). The molecule has 2 N–H and O–H groups in total. The minimum atomic E-state index is -0.950. The average molecular weight is 273 g/mol. The van der Waals surface area contributed by atoms with Crippen LogP contribution in [0.5, 0.6) is 0 Å². The molecular weight excluding hydrogens is 258 g/mol. The summed E-state index contributed by atoms with van der Waals surface area (Å²) in [6, 6.07) is 6.56. The number of amides is 1. The van der Waals surface area contributed by atoms with Gasteiger partial charge < -0.3 is 10.4 Å². The molecule has 0 fully saturated rings. The Labute approximate surface area is 116 Å².